The van der Waals surface area contributed by atoms with Gasteiger partial charge in [0.2, 0.25) is 0 Å². The Kier molecular flexibility index (Phi) is 10.8. The van der Waals surface area contributed by atoms with E-state index in [-0.39, 0.29) is 29.9 Å². The number of carbonyl (C=O) groups excluding carboxylic acids is 1. The molecule has 6 N–H and O–H groups in total. The number of rotatable bonds is 10. The van der Waals surface area contributed by atoms with Crippen LogP contribution >= 0.6 is 0 Å². The van der Waals surface area contributed by atoms with Crippen LogP contribution in [0, 0.1) is 12.7 Å². The second-order valence-electron chi connectivity index (χ2n) is 8.63. The average Bonchev–Trinajstić information content (AvgIpc) is 2.79. The lowest BCUT2D eigenvalue weighted by Crippen LogP contribution is -2.50. The lowest BCUT2D eigenvalue weighted by atomic mass is 10.0. The Morgan fingerprint density at radius 2 is 1.78 bits per heavy atom. The summed E-state index contributed by atoms with van der Waals surface area (Å²) in [5, 5.41) is 5.43. The lowest BCUT2D eigenvalue weighted by Gasteiger charge is -2.21. The number of hydrogen-bond acceptors (Lipinski definition) is 5. The molecule has 0 saturated heterocycles. The zero-order valence-corrected chi connectivity index (χ0v) is 20.5. The van der Waals surface area contributed by atoms with Gasteiger partial charge in [0.1, 0.15) is 5.82 Å². The van der Waals surface area contributed by atoms with Gasteiger partial charge in [-0.1, -0.05) is 12.1 Å². The minimum absolute atomic E-state index is 0.0149. The summed E-state index contributed by atoms with van der Waals surface area (Å²) in [6.45, 7) is 6.21. The molecule has 2 atom stereocenters. The number of aryl methyl sites for hydroxylation is 1. The molecule has 198 valence electrons. The van der Waals surface area contributed by atoms with E-state index < -0.39 is 29.9 Å². The molecule has 0 aliphatic carbocycles. The Bertz CT molecular complexity index is 1030. The van der Waals surface area contributed by atoms with Gasteiger partial charge in [0.15, 0.2) is 5.96 Å². The molecule has 0 heterocycles. The first-order valence-electron chi connectivity index (χ1n) is 11.5. The van der Waals surface area contributed by atoms with E-state index in [1.807, 2.05) is 13.8 Å². The normalized spacial score (nSPS) is 14.0. The Labute approximate surface area is 208 Å². The van der Waals surface area contributed by atoms with Crippen molar-refractivity contribution in [1.82, 2.24) is 10.6 Å². The number of halogens is 4. The van der Waals surface area contributed by atoms with Crippen LogP contribution in [0.4, 0.5) is 17.6 Å². The fourth-order valence-electron chi connectivity index (χ4n) is 3.17. The highest BCUT2D eigenvalue weighted by atomic mass is 19.4. The highest BCUT2D eigenvalue weighted by Gasteiger charge is 2.30. The van der Waals surface area contributed by atoms with E-state index in [9.17, 15) is 22.4 Å². The van der Waals surface area contributed by atoms with E-state index in [2.05, 4.69) is 15.6 Å². The minimum Gasteiger partial charge on any atom is -0.379 e. The summed E-state index contributed by atoms with van der Waals surface area (Å²) < 4.78 is 57.8. The van der Waals surface area contributed by atoms with E-state index in [0.29, 0.717) is 30.7 Å². The number of aliphatic imine (C=N–C) groups is 1. The van der Waals surface area contributed by atoms with Crippen LogP contribution in [0.1, 0.15) is 59.8 Å². The Balaban J connectivity index is 2.07. The maximum Gasteiger partial charge on any atom is 0.416 e. The summed E-state index contributed by atoms with van der Waals surface area (Å²) in [4.78, 5) is 17.0. The van der Waals surface area contributed by atoms with Gasteiger partial charge >= 0.3 is 6.18 Å². The number of nitrogens with two attached hydrogens (primary N) is 2. The molecule has 7 nitrogen and oxygen atoms in total. The number of guanidine groups is 1. The number of hydrogen-bond donors (Lipinski definition) is 4. The van der Waals surface area contributed by atoms with Gasteiger partial charge in [-0.15, -0.1) is 0 Å². The number of alkyl halides is 3. The summed E-state index contributed by atoms with van der Waals surface area (Å²) in [6, 6.07) is 7.91. The third-order valence-electron chi connectivity index (χ3n) is 5.18. The van der Waals surface area contributed by atoms with Crippen molar-refractivity contribution < 1.29 is 27.1 Å². The van der Waals surface area contributed by atoms with E-state index in [1.54, 1.807) is 19.1 Å². The number of amides is 1. The second-order valence-corrected chi connectivity index (χ2v) is 8.63. The van der Waals surface area contributed by atoms with Gasteiger partial charge in [-0.05, 0) is 75.1 Å². The highest BCUT2D eigenvalue weighted by molar-refractivity contribution is 6.05. The number of nitrogens with zero attached hydrogens (tertiary/aromatic N) is 1. The van der Waals surface area contributed by atoms with Crippen LogP contribution in [0.2, 0.25) is 0 Å². The van der Waals surface area contributed by atoms with Crippen molar-refractivity contribution in [1.29, 1.82) is 0 Å². The predicted molar refractivity (Wildman–Crippen MR) is 131 cm³/mol. The van der Waals surface area contributed by atoms with Gasteiger partial charge < -0.3 is 21.5 Å². The molecule has 0 aliphatic heterocycles. The first-order chi connectivity index (χ1) is 16.9. The van der Waals surface area contributed by atoms with Crippen LogP contribution in [0.3, 0.4) is 0 Å². The van der Waals surface area contributed by atoms with E-state index >= 15 is 0 Å². The van der Waals surface area contributed by atoms with Gasteiger partial charge in [-0.3, -0.25) is 15.1 Å². The molecular formula is C25H33F4N5O2. The van der Waals surface area contributed by atoms with Crippen molar-refractivity contribution in [3.63, 3.8) is 0 Å². The van der Waals surface area contributed by atoms with Gasteiger partial charge in [0.25, 0.3) is 5.91 Å². The molecule has 2 unspecified atom stereocenters. The SMILES string of the molecule is Cc1ccc(C(N)CC(N)NC(=NCCCOC(C)C)NC(=O)c2ccc(C(F)(F)F)cc2)cc1F. The van der Waals surface area contributed by atoms with E-state index in [4.69, 9.17) is 16.2 Å². The minimum atomic E-state index is -4.51. The number of ether oxygens (including phenoxy) is 1. The summed E-state index contributed by atoms with van der Waals surface area (Å²) in [6.07, 6.45) is -4.45. The van der Waals surface area contributed by atoms with Crippen molar-refractivity contribution in [2.24, 2.45) is 16.5 Å². The Morgan fingerprint density at radius 3 is 2.36 bits per heavy atom. The molecule has 2 aromatic carbocycles. The third-order valence-corrected chi connectivity index (χ3v) is 5.18. The summed E-state index contributed by atoms with van der Waals surface area (Å²) in [5.41, 5.74) is 12.6. The number of carbonyl (C=O) groups is 1. The topological polar surface area (TPSA) is 115 Å². The quantitative estimate of drug-likeness (QED) is 0.127. The Hall–Kier alpha value is -3.02. The standard InChI is InChI=1S/C25H33F4N5O2/c1-15(2)36-12-4-11-32-24(34-23(35)17-7-9-19(10-8-17)25(27,28)29)33-22(31)14-21(30)18-6-5-16(3)20(26)13-18/h5-10,13,15,21-22H,4,11-12,14,30-31H2,1-3H3,(H2,32,33,34,35). The van der Waals surface area contributed by atoms with Gasteiger partial charge in [0.05, 0.1) is 17.8 Å². The second kappa shape index (κ2) is 13.3. The smallest absolute Gasteiger partial charge is 0.379 e. The molecule has 0 radical (unpaired) electrons. The van der Waals surface area contributed by atoms with Crippen molar-refractivity contribution in [2.45, 2.75) is 58.1 Å². The van der Waals surface area contributed by atoms with Crippen LogP contribution < -0.4 is 22.1 Å². The fourth-order valence-corrected chi connectivity index (χ4v) is 3.17. The number of nitrogens with one attached hydrogen (secondary N) is 2. The molecule has 0 spiro atoms. The average molecular weight is 512 g/mol. The van der Waals surface area contributed by atoms with Crippen LogP contribution in [0.15, 0.2) is 47.5 Å². The molecule has 11 heteroatoms. The first kappa shape index (κ1) is 29.2. The fraction of sp³-hybridized carbons (Fsp3) is 0.440. The zero-order chi connectivity index (χ0) is 26.9. The predicted octanol–water partition coefficient (Wildman–Crippen LogP) is 4.02. The first-order valence-corrected chi connectivity index (χ1v) is 11.5. The van der Waals surface area contributed by atoms with Gasteiger partial charge in [0, 0.05) is 24.8 Å². The van der Waals surface area contributed by atoms with Crippen LogP contribution in [0.5, 0.6) is 0 Å². The summed E-state index contributed by atoms with van der Waals surface area (Å²) in [5.74, 6) is -0.996. The number of benzene rings is 2. The van der Waals surface area contributed by atoms with Gasteiger partial charge in [-0.25, -0.2) is 4.39 Å². The molecule has 1 amide bonds. The molecule has 0 saturated carbocycles. The zero-order valence-electron chi connectivity index (χ0n) is 20.5. The van der Waals surface area contributed by atoms with Gasteiger partial charge in [-0.2, -0.15) is 13.2 Å². The van der Waals surface area contributed by atoms with Crippen LogP contribution in [-0.4, -0.2) is 37.3 Å². The highest BCUT2D eigenvalue weighted by Crippen LogP contribution is 2.29. The van der Waals surface area contributed by atoms with Crippen molar-refractivity contribution >= 4 is 11.9 Å². The van der Waals surface area contributed by atoms with Crippen LogP contribution in [-0.2, 0) is 10.9 Å². The maximum absolute atomic E-state index is 13.9. The van der Waals surface area contributed by atoms with E-state index in [0.717, 1.165) is 24.3 Å². The van der Waals surface area contributed by atoms with Crippen LogP contribution in [0.25, 0.3) is 0 Å². The summed E-state index contributed by atoms with van der Waals surface area (Å²) in [7, 11) is 0. The molecule has 2 rings (SSSR count). The molecule has 0 fully saturated rings. The van der Waals surface area contributed by atoms with E-state index in [1.165, 1.54) is 6.07 Å². The molecular weight excluding hydrogens is 478 g/mol. The Morgan fingerprint density at radius 1 is 1.11 bits per heavy atom. The molecule has 0 bridgehead atoms. The molecule has 2 aromatic rings. The van der Waals surface area contributed by atoms with Crippen molar-refractivity contribution in [3.05, 3.63) is 70.5 Å². The molecule has 0 aliphatic rings. The molecule has 0 aromatic heterocycles. The largest absolute Gasteiger partial charge is 0.416 e. The lowest BCUT2D eigenvalue weighted by molar-refractivity contribution is -0.137. The van der Waals surface area contributed by atoms with Crippen molar-refractivity contribution in [3.8, 4) is 0 Å². The maximum atomic E-state index is 13.9. The third kappa shape index (κ3) is 9.56. The molecule has 36 heavy (non-hydrogen) atoms. The van der Waals surface area contributed by atoms with Crippen molar-refractivity contribution in [2.75, 3.05) is 13.2 Å². The summed E-state index contributed by atoms with van der Waals surface area (Å²) >= 11 is 0. The monoisotopic (exact) mass is 511 g/mol.